The number of carbonyl (C=O) groups is 9. The van der Waals surface area contributed by atoms with Crippen molar-refractivity contribution < 1.29 is 53.0 Å². The Morgan fingerprint density at radius 1 is 0.667 bits per heavy atom. The van der Waals surface area contributed by atoms with Crippen molar-refractivity contribution in [3.63, 3.8) is 0 Å². The fraction of sp³-hybridized carbons (Fsp3) is 0.638. The van der Waals surface area contributed by atoms with Gasteiger partial charge in [-0.05, 0) is 81.5 Å². The summed E-state index contributed by atoms with van der Waals surface area (Å²) < 4.78 is 6.77. The van der Waals surface area contributed by atoms with Crippen LogP contribution in [-0.2, 0) is 60.7 Å². The van der Waals surface area contributed by atoms with Gasteiger partial charge in [0.05, 0.1) is 11.5 Å². The summed E-state index contributed by atoms with van der Waals surface area (Å²) in [6, 6.07) is 7.58. The molecule has 432 valence electrons. The molecule has 0 saturated carbocycles. The van der Waals surface area contributed by atoms with Crippen molar-refractivity contribution in [2.45, 2.75) is 175 Å². The minimum absolute atomic E-state index is 0.00766. The molecule has 2 heterocycles. The molecule has 0 spiro atoms. The molecule has 2 aliphatic rings. The van der Waals surface area contributed by atoms with E-state index in [1.54, 1.807) is 43.0 Å². The van der Waals surface area contributed by atoms with Gasteiger partial charge in [-0.1, -0.05) is 120 Å². The van der Waals surface area contributed by atoms with E-state index in [1.807, 2.05) is 65.0 Å². The minimum atomic E-state index is -1.96. The van der Waals surface area contributed by atoms with Crippen molar-refractivity contribution in [3.8, 4) is 0 Å². The Balaban J connectivity index is 1.90. The number of nitrogens with zero attached hydrogens (tertiary/aromatic N) is 5. The lowest BCUT2D eigenvalue weighted by Gasteiger charge is -2.39. The SMILES string of the molecule is CCCC1C(=O)NC(CC(C)C)C(=O)N(C)C(C(C)(C)O)C(=O)OC(C(C)CC)C(=O)N(C)C(C)C(=O)NC(Cc2ccccc2)C(=O)N(C)C(Cc2cccc(Br)c2)C(=O)N2CCC(C2)C(=O)NC(C(C)CC)C(=O)N1C. The molecule has 2 aromatic rings. The van der Waals surface area contributed by atoms with Gasteiger partial charge >= 0.3 is 5.97 Å². The average Bonchev–Trinajstić information content (AvgIpc) is 3.91. The summed E-state index contributed by atoms with van der Waals surface area (Å²) in [4.78, 5) is 138. The zero-order chi connectivity index (χ0) is 58.5. The van der Waals surface area contributed by atoms with Crippen LogP contribution in [0.15, 0.2) is 59.1 Å². The van der Waals surface area contributed by atoms with Crippen LogP contribution in [0.4, 0.5) is 0 Å². The minimum Gasteiger partial charge on any atom is -0.450 e. The van der Waals surface area contributed by atoms with Gasteiger partial charge in [0.25, 0.3) is 5.91 Å². The third-order valence-electron chi connectivity index (χ3n) is 15.5. The van der Waals surface area contributed by atoms with Gasteiger partial charge in [-0.3, -0.25) is 38.4 Å². The predicted octanol–water partition coefficient (Wildman–Crippen LogP) is 4.50. The first kappa shape index (κ1) is 64.6. The molecule has 11 atom stereocenters. The average molecular weight is 1150 g/mol. The fourth-order valence-electron chi connectivity index (χ4n) is 10.1. The topological polar surface area (TPSA) is 235 Å². The van der Waals surface area contributed by atoms with E-state index in [0.29, 0.717) is 24.8 Å². The van der Waals surface area contributed by atoms with E-state index in [1.165, 1.54) is 58.8 Å². The number of carbonyl (C=O) groups excluding carboxylic acids is 9. The number of nitrogens with one attached hydrogen (secondary N) is 3. The number of ether oxygens (including phenoxy) is 1. The number of rotatable bonds is 13. The van der Waals surface area contributed by atoms with Gasteiger partial charge in [0.1, 0.15) is 36.3 Å². The van der Waals surface area contributed by atoms with Gasteiger partial charge in [0.2, 0.25) is 41.4 Å². The van der Waals surface area contributed by atoms with Gasteiger partial charge in [-0.25, -0.2) is 4.79 Å². The van der Waals surface area contributed by atoms with Crippen LogP contribution in [0, 0.1) is 23.7 Å². The molecule has 4 N–H and O–H groups in total. The highest BCUT2D eigenvalue weighted by atomic mass is 79.9. The van der Waals surface area contributed by atoms with Crippen molar-refractivity contribution >= 4 is 69.2 Å². The first-order valence-electron chi connectivity index (χ1n) is 27.6. The maximum Gasteiger partial charge on any atom is 0.332 e. The molecule has 19 nitrogen and oxygen atoms in total. The third-order valence-corrected chi connectivity index (χ3v) is 16.0. The number of hydrogen-bond donors (Lipinski definition) is 4. The molecule has 20 heteroatoms. The summed E-state index contributed by atoms with van der Waals surface area (Å²) in [5, 5.41) is 20.3. The molecule has 11 unspecified atom stereocenters. The van der Waals surface area contributed by atoms with Crippen LogP contribution in [0.5, 0.6) is 0 Å². The molecule has 2 aliphatic heterocycles. The Hall–Kier alpha value is -5.89. The lowest BCUT2D eigenvalue weighted by molar-refractivity contribution is -0.177. The molecule has 2 aromatic carbocycles. The summed E-state index contributed by atoms with van der Waals surface area (Å²) >= 11 is 3.52. The van der Waals surface area contributed by atoms with Crippen molar-refractivity contribution in [2.75, 3.05) is 41.3 Å². The second-order valence-corrected chi connectivity index (χ2v) is 23.4. The first-order valence-corrected chi connectivity index (χ1v) is 28.3. The molecule has 2 saturated heterocycles. The Labute approximate surface area is 470 Å². The number of benzene rings is 2. The highest BCUT2D eigenvalue weighted by Gasteiger charge is 2.47. The zero-order valence-corrected chi connectivity index (χ0v) is 49.9. The van der Waals surface area contributed by atoms with Crippen molar-refractivity contribution in [2.24, 2.45) is 23.7 Å². The van der Waals surface area contributed by atoms with Gasteiger partial charge in [0, 0.05) is 64.5 Å². The second-order valence-electron chi connectivity index (χ2n) is 22.5. The second kappa shape index (κ2) is 28.8. The molecule has 2 fully saturated rings. The Bertz CT molecular complexity index is 2440. The molecule has 4 rings (SSSR count). The molecule has 0 aliphatic carbocycles. The number of likely N-dealkylation sites (N-methyl/N-ethyl adjacent to an activating group) is 4. The van der Waals surface area contributed by atoms with Crippen LogP contribution in [0.25, 0.3) is 0 Å². The normalized spacial score (nSPS) is 26.6. The molecule has 0 radical (unpaired) electrons. The van der Waals surface area contributed by atoms with E-state index in [2.05, 4.69) is 31.9 Å². The smallest absolute Gasteiger partial charge is 0.332 e. The summed E-state index contributed by atoms with van der Waals surface area (Å²) in [5.74, 6) is -7.95. The fourth-order valence-corrected chi connectivity index (χ4v) is 10.6. The predicted molar refractivity (Wildman–Crippen MR) is 300 cm³/mol. The largest absolute Gasteiger partial charge is 0.450 e. The number of fused-ring (bicyclic) bond motifs is 2. The van der Waals surface area contributed by atoms with E-state index in [4.69, 9.17) is 4.74 Å². The monoisotopic (exact) mass is 1150 g/mol. The lowest BCUT2D eigenvalue weighted by Crippen LogP contribution is -2.62. The van der Waals surface area contributed by atoms with Crippen LogP contribution in [0.1, 0.15) is 119 Å². The van der Waals surface area contributed by atoms with Crippen molar-refractivity contribution in [1.82, 2.24) is 40.4 Å². The van der Waals surface area contributed by atoms with E-state index >= 15 is 4.79 Å². The Morgan fingerprint density at radius 3 is 1.83 bits per heavy atom. The number of hydrogen-bond acceptors (Lipinski definition) is 11. The van der Waals surface area contributed by atoms with Gasteiger partial charge < -0.3 is 50.3 Å². The van der Waals surface area contributed by atoms with Crippen LogP contribution < -0.4 is 16.0 Å². The Kier molecular flexibility index (Phi) is 23.9. The van der Waals surface area contributed by atoms with Crippen LogP contribution >= 0.6 is 15.9 Å². The summed E-state index contributed by atoms with van der Waals surface area (Å²) in [5.41, 5.74) is -0.536. The Morgan fingerprint density at radius 2 is 1.26 bits per heavy atom. The number of halogens is 1. The van der Waals surface area contributed by atoms with Gasteiger partial charge in [0.15, 0.2) is 12.1 Å². The standard InChI is InChI=1S/C58H87BrN8O11/c1-15-22-44-51(70)61-42(29-34(4)5)53(72)66(14)48(58(9,10)77)57(76)78-47(36(7)17-3)56(75)63(11)37(8)49(68)60-43(31-38-23-19-18-20-24-38)52(71)65(13)45(32-39-25-21-26-41(59)30-39)54(73)67-28-27-40(33-67)50(69)62-46(35(6)16-2)55(74)64(44)12/h18-21,23-26,30,34-37,40,42-48,77H,15-17,22,27-29,31-33H2,1-14H3,(H,60,68)(H,61,70)(H,62,69). The number of cyclic esters (lactones) is 1. The summed E-state index contributed by atoms with van der Waals surface area (Å²) in [6.45, 7) is 17.0. The summed E-state index contributed by atoms with van der Waals surface area (Å²) in [7, 11) is 5.65. The van der Waals surface area contributed by atoms with Gasteiger partial charge in [-0.2, -0.15) is 0 Å². The van der Waals surface area contributed by atoms with E-state index < -0.39 is 125 Å². The highest BCUT2D eigenvalue weighted by Crippen LogP contribution is 2.26. The van der Waals surface area contributed by atoms with E-state index in [0.717, 1.165) is 19.8 Å². The van der Waals surface area contributed by atoms with Crippen LogP contribution in [0.3, 0.4) is 0 Å². The van der Waals surface area contributed by atoms with Crippen LogP contribution in [-0.4, -0.2) is 178 Å². The quantitative estimate of drug-likeness (QED) is 0.204. The van der Waals surface area contributed by atoms with E-state index in [-0.39, 0.29) is 51.1 Å². The molecular weight excluding hydrogens is 1060 g/mol. The van der Waals surface area contributed by atoms with E-state index in [9.17, 15) is 43.5 Å². The molecule has 2 bridgehead atoms. The zero-order valence-electron chi connectivity index (χ0n) is 48.3. The maximum absolute atomic E-state index is 15.1. The molecular formula is C58H87BrN8O11. The van der Waals surface area contributed by atoms with Crippen molar-refractivity contribution in [1.29, 1.82) is 0 Å². The molecule has 78 heavy (non-hydrogen) atoms. The number of esters is 1. The van der Waals surface area contributed by atoms with Gasteiger partial charge in [-0.15, -0.1) is 0 Å². The summed E-state index contributed by atoms with van der Waals surface area (Å²) in [6.07, 6.45) is 0.401. The molecule has 8 amide bonds. The first-order chi connectivity index (χ1) is 36.6. The number of amides is 8. The highest BCUT2D eigenvalue weighted by molar-refractivity contribution is 9.10. The third kappa shape index (κ3) is 16.6. The number of aliphatic hydroxyl groups is 1. The molecule has 0 aromatic heterocycles. The van der Waals surface area contributed by atoms with Crippen LogP contribution in [0.2, 0.25) is 0 Å². The van der Waals surface area contributed by atoms with Crippen molar-refractivity contribution in [3.05, 3.63) is 70.2 Å². The lowest BCUT2D eigenvalue weighted by atomic mass is 9.94. The maximum atomic E-state index is 15.1.